The molecule has 2 heteroatoms. The minimum absolute atomic E-state index is 0.0993. The molecule has 2 nitrogen and oxygen atoms in total. The first-order chi connectivity index (χ1) is 12.5. The predicted octanol–water partition coefficient (Wildman–Crippen LogP) is 6.66. The highest BCUT2D eigenvalue weighted by molar-refractivity contribution is 5.64. The van der Waals surface area contributed by atoms with E-state index < -0.39 is 0 Å². The van der Waals surface area contributed by atoms with Crippen LogP contribution < -0.4 is 0 Å². The van der Waals surface area contributed by atoms with E-state index in [1.165, 1.54) is 11.1 Å². The third kappa shape index (κ3) is 4.10. The highest BCUT2D eigenvalue weighted by Crippen LogP contribution is 2.46. The van der Waals surface area contributed by atoms with Gasteiger partial charge in [0.1, 0.15) is 5.75 Å². The highest BCUT2D eigenvalue weighted by Gasteiger charge is 2.36. The molecule has 136 valence electrons. The van der Waals surface area contributed by atoms with Crippen molar-refractivity contribution >= 4 is 0 Å². The number of hydrogen-bond donors (Lipinski definition) is 1. The molecule has 0 saturated heterocycles. The number of phenolic OH excluding ortho intramolecular Hbond substituents is 1. The summed E-state index contributed by atoms with van der Waals surface area (Å²) in [5.41, 5.74) is 3.59. The maximum absolute atomic E-state index is 9.76. The summed E-state index contributed by atoms with van der Waals surface area (Å²) in [6, 6.07) is 18.8. The zero-order chi connectivity index (χ0) is 18.6. The summed E-state index contributed by atoms with van der Waals surface area (Å²) in [5.74, 6) is 1.50. The lowest BCUT2D eigenvalue weighted by Crippen LogP contribution is -2.27. The molecule has 3 rings (SSSR count). The fourth-order valence-electron chi connectivity index (χ4n) is 4.28. The van der Waals surface area contributed by atoms with Crippen LogP contribution in [0.3, 0.4) is 0 Å². The Morgan fingerprint density at radius 1 is 1.04 bits per heavy atom. The van der Waals surface area contributed by atoms with Crippen molar-refractivity contribution in [2.75, 3.05) is 0 Å². The van der Waals surface area contributed by atoms with Gasteiger partial charge in [-0.3, -0.25) is 0 Å². The molecule has 26 heavy (non-hydrogen) atoms. The first-order valence-corrected chi connectivity index (χ1v) is 9.86. The van der Waals surface area contributed by atoms with Crippen LogP contribution in [-0.2, 0) is 0 Å². The summed E-state index contributed by atoms with van der Waals surface area (Å²) in [5, 5.41) is 19.2. The molecule has 2 aromatic rings. The molecular weight excluding hydrogens is 318 g/mol. The van der Waals surface area contributed by atoms with Crippen molar-refractivity contribution in [3.63, 3.8) is 0 Å². The minimum Gasteiger partial charge on any atom is -0.508 e. The second kappa shape index (κ2) is 7.96. The average Bonchev–Trinajstić information content (AvgIpc) is 2.69. The smallest absolute Gasteiger partial charge is 0.115 e. The molecule has 1 aliphatic carbocycles. The Balaban J connectivity index is 1.66. The summed E-state index contributed by atoms with van der Waals surface area (Å²) in [4.78, 5) is 0. The Bertz CT molecular complexity index is 746. The van der Waals surface area contributed by atoms with Crippen LogP contribution in [0, 0.1) is 22.7 Å². The maximum Gasteiger partial charge on any atom is 0.115 e. The molecule has 1 atom stereocenters. The van der Waals surface area contributed by atoms with Crippen LogP contribution in [-0.4, -0.2) is 5.11 Å². The van der Waals surface area contributed by atoms with Gasteiger partial charge in [0.2, 0.25) is 0 Å². The lowest BCUT2D eigenvalue weighted by molar-refractivity contribution is 0.198. The van der Waals surface area contributed by atoms with Gasteiger partial charge in [-0.1, -0.05) is 56.7 Å². The summed E-state index contributed by atoms with van der Waals surface area (Å²) in [6.45, 7) is 4.49. The van der Waals surface area contributed by atoms with Gasteiger partial charge in [-0.05, 0) is 72.8 Å². The van der Waals surface area contributed by atoms with E-state index in [1.54, 1.807) is 12.1 Å². The van der Waals surface area contributed by atoms with Gasteiger partial charge in [0.25, 0.3) is 0 Å². The van der Waals surface area contributed by atoms with Gasteiger partial charge in [0.05, 0.1) is 11.5 Å². The maximum atomic E-state index is 9.76. The normalized spacial score (nSPS) is 24.0. The van der Waals surface area contributed by atoms with Crippen LogP contribution in [0.25, 0.3) is 11.1 Å². The number of benzene rings is 2. The third-order valence-electron chi connectivity index (χ3n) is 6.20. The molecular formula is C24H29NO. The van der Waals surface area contributed by atoms with E-state index in [2.05, 4.69) is 44.2 Å². The molecule has 1 aliphatic rings. The number of hydrogen-bond acceptors (Lipinski definition) is 2. The van der Waals surface area contributed by atoms with Gasteiger partial charge in [-0.2, -0.15) is 5.26 Å². The Morgan fingerprint density at radius 2 is 1.58 bits per heavy atom. The molecule has 0 radical (unpaired) electrons. The fraction of sp³-hybridized carbons (Fsp3) is 0.458. The Kier molecular flexibility index (Phi) is 5.67. The van der Waals surface area contributed by atoms with Gasteiger partial charge >= 0.3 is 0 Å². The van der Waals surface area contributed by atoms with E-state index in [1.807, 2.05) is 12.1 Å². The number of rotatable bonds is 5. The molecule has 1 fully saturated rings. The molecule has 0 spiro atoms. The topological polar surface area (TPSA) is 44.0 Å². The summed E-state index contributed by atoms with van der Waals surface area (Å²) < 4.78 is 0. The third-order valence-corrected chi connectivity index (χ3v) is 6.20. The number of nitrogens with zero attached hydrogens (tertiary/aromatic N) is 1. The number of nitriles is 1. The molecule has 0 bridgehead atoms. The molecule has 0 amide bonds. The molecule has 1 unspecified atom stereocenters. The van der Waals surface area contributed by atoms with E-state index >= 15 is 0 Å². The minimum atomic E-state index is -0.0993. The van der Waals surface area contributed by atoms with E-state index in [0.717, 1.165) is 44.1 Å². The lowest BCUT2D eigenvalue weighted by atomic mass is 9.66. The van der Waals surface area contributed by atoms with Crippen molar-refractivity contribution in [2.24, 2.45) is 11.3 Å². The van der Waals surface area contributed by atoms with Crippen molar-refractivity contribution in [3.8, 4) is 22.9 Å². The Morgan fingerprint density at radius 3 is 2.08 bits per heavy atom. The fourth-order valence-corrected chi connectivity index (χ4v) is 4.28. The van der Waals surface area contributed by atoms with Crippen molar-refractivity contribution in [1.29, 1.82) is 5.26 Å². The zero-order valence-corrected chi connectivity index (χ0v) is 15.9. The van der Waals surface area contributed by atoms with Gasteiger partial charge in [-0.25, -0.2) is 0 Å². The van der Waals surface area contributed by atoms with Crippen molar-refractivity contribution < 1.29 is 5.11 Å². The molecule has 0 heterocycles. The van der Waals surface area contributed by atoms with Crippen LogP contribution in [0.4, 0.5) is 0 Å². The summed E-state index contributed by atoms with van der Waals surface area (Å²) >= 11 is 0. The number of aromatic hydroxyl groups is 1. The van der Waals surface area contributed by atoms with Crippen LogP contribution in [0.2, 0.25) is 0 Å². The highest BCUT2D eigenvalue weighted by atomic mass is 16.3. The first-order valence-electron chi connectivity index (χ1n) is 9.86. The molecule has 1 saturated carbocycles. The van der Waals surface area contributed by atoms with Gasteiger partial charge in [0, 0.05) is 0 Å². The standard InChI is InChI=1S/C24H29NO/c1-3-18(2)16-24(17-25)14-12-22(13-15-24)20-6-4-19(5-7-20)21-8-10-23(26)11-9-21/h4-11,18,22,26H,3,12-16H2,1-2H3. The zero-order valence-electron chi connectivity index (χ0n) is 15.9. The molecule has 0 aliphatic heterocycles. The Labute approximate surface area is 157 Å². The van der Waals surface area contributed by atoms with E-state index in [-0.39, 0.29) is 5.41 Å². The van der Waals surface area contributed by atoms with Gasteiger partial charge < -0.3 is 5.11 Å². The monoisotopic (exact) mass is 347 g/mol. The second-order valence-electron chi connectivity index (χ2n) is 8.05. The molecule has 1 N–H and O–H groups in total. The van der Waals surface area contributed by atoms with Crippen LogP contribution in [0.1, 0.15) is 63.9 Å². The van der Waals surface area contributed by atoms with Crippen LogP contribution >= 0.6 is 0 Å². The van der Waals surface area contributed by atoms with Crippen LogP contribution in [0.5, 0.6) is 5.75 Å². The number of phenols is 1. The van der Waals surface area contributed by atoms with E-state index in [4.69, 9.17) is 0 Å². The summed E-state index contributed by atoms with van der Waals surface area (Å²) in [6.07, 6.45) is 6.49. The van der Waals surface area contributed by atoms with Crippen molar-refractivity contribution in [2.45, 2.75) is 58.3 Å². The summed E-state index contributed by atoms with van der Waals surface area (Å²) in [7, 11) is 0. The average molecular weight is 348 g/mol. The molecule has 0 aromatic heterocycles. The lowest BCUT2D eigenvalue weighted by Gasteiger charge is -2.36. The first kappa shape index (κ1) is 18.5. The molecule has 2 aromatic carbocycles. The van der Waals surface area contributed by atoms with Gasteiger partial charge in [-0.15, -0.1) is 0 Å². The van der Waals surface area contributed by atoms with Gasteiger partial charge in [0.15, 0.2) is 0 Å². The van der Waals surface area contributed by atoms with E-state index in [9.17, 15) is 10.4 Å². The van der Waals surface area contributed by atoms with E-state index in [0.29, 0.717) is 17.6 Å². The largest absolute Gasteiger partial charge is 0.508 e. The van der Waals surface area contributed by atoms with Crippen molar-refractivity contribution in [1.82, 2.24) is 0 Å². The predicted molar refractivity (Wildman–Crippen MR) is 107 cm³/mol. The SMILES string of the molecule is CCC(C)CC1(C#N)CCC(c2ccc(-c3ccc(O)cc3)cc2)CC1. The van der Waals surface area contributed by atoms with Crippen LogP contribution in [0.15, 0.2) is 48.5 Å². The quantitative estimate of drug-likeness (QED) is 0.657. The second-order valence-corrected chi connectivity index (χ2v) is 8.05. The van der Waals surface area contributed by atoms with Crippen molar-refractivity contribution in [3.05, 3.63) is 54.1 Å². The Hall–Kier alpha value is -2.27.